The van der Waals surface area contributed by atoms with E-state index in [1.165, 1.54) is 6.42 Å². The van der Waals surface area contributed by atoms with Crippen LogP contribution in [0.5, 0.6) is 0 Å². The van der Waals surface area contributed by atoms with E-state index in [1.54, 1.807) is 6.92 Å². The monoisotopic (exact) mass is 406 g/mol. The molecule has 1 aliphatic carbocycles. The lowest BCUT2D eigenvalue weighted by Gasteiger charge is -2.31. The zero-order chi connectivity index (χ0) is 18.0. The third-order valence-electron chi connectivity index (χ3n) is 4.87. The largest absolute Gasteiger partial charge is 0.459 e. The molecule has 3 atom stereocenters. The van der Waals surface area contributed by atoms with Crippen molar-refractivity contribution in [1.82, 2.24) is 10.6 Å². The van der Waals surface area contributed by atoms with Gasteiger partial charge in [-0.25, -0.2) is 9.59 Å². The predicted molar refractivity (Wildman–Crippen MR) is 98.8 cm³/mol. The minimum Gasteiger partial charge on any atom is -0.459 e. The van der Waals surface area contributed by atoms with Gasteiger partial charge in [-0.1, -0.05) is 47.5 Å². The van der Waals surface area contributed by atoms with E-state index >= 15 is 0 Å². The number of nitrogens with one attached hydrogen (secondary N) is 2. The zero-order valence-corrected chi connectivity index (χ0v) is 16.1. The van der Waals surface area contributed by atoms with Gasteiger partial charge in [0.05, 0.1) is 11.6 Å². The molecule has 1 fully saturated rings. The Bertz CT molecular complexity index is 716. The summed E-state index contributed by atoms with van der Waals surface area (Å²) in [6.45, 7) is 3.93. The van der Waals surface area contributed by atoms with Crippen molar-refractivity contribution in [3.63, 3.8) is 0 Å². The molecule has 1 heterocycles. The summed E-state index contributed by atoms with van der Waals surface area (Å²) in [5.74, 6) is 0.217. The second-order valence-electron chi connectivity index (χ2n) is 6.89. The molecule has 134 valence electrons. The van der Waals surface area contributed by atoms with Gasteiger partial charge in [0.1, 0.15) is 6.10 Å². The summed E-state index contributed by atoms with van der Waals surface area (Å²) in [5, 5.41) is 5.53. The van der Waals surface area contributed by atoms with Gasteiger partial charge in [-0.3, -0.25) is 0 Å². The second kappa shape index (κ2) is 7.60. The number of carbonyl (C=O) groups is 2. The summed E-state index contributed by atoms with van der Waals surface area (Å²) in [6, 6.07) is 6.72. The van der Waals surface area contributed by atoms with Crippen molar-refractivity contribution >= 4 is 27.9 Å². The highest BCUT2D eigenvalue weighted by Crippen LogP contribution is 2.33. The van der Waals surface area contributed by atoms with Crippen molar-refractivity contribution in [2.75, 3.05) is 0 Å². The first-order valence-corrected chi connectivity index (χ1v) is 9.48. The molecule has 1 aromatic rings. The predicted octanol–water partition coefficient (Wildman–Crippen LogP) is 4.20. The highest BCUT2D eigenvalue weighted by Gasteiger charge is 2.34. The number of halogens is 1. The third-order valence-corrected chi connectivity index (χ3v) is 5.59. The van der Waals surface area contributed by atoms with Crippen molar-refractivity contribution < 1.29 is 14.3 Å². The molecule has 2 N–H and O–H groups in total. The quantitative estimate of drug-likeness (QED) is 0.739. The molecule has 1 saturated carbocycles. The number of urea groups is 1. The van der Waals surface area contributed by atoms with E-state index in [-0.39, 0.29) is 18.1 Å². The number of rotatable bonds is 3. The van der Waals surface area contributed by atoms with Crippen molar-refractivity contribution in [3.05, 3.63) is 45.6 Å². The van der Waals surface area contributed by atoms with Gasteiger partial charge in [0.15, 0.2) is 0 Å². The van der Waals surface area contributed by atoms with Gasteiger partial charge in [-0.2, -0.15) is 0 Å². The normalized spacial score (nSPS) is 26.7. The summed E-state index contributed by atoms with van der Waals surface area (Å²) in [5.41, 5.74) is 1.84. The van der Waals surface area contributed by atoms with E-state index in [4.69, 9.17) is 4.74 Å². The van der Waals surface area contributed by atoms with Gasteiger partial charge >= 0.3 is 12.0 Å². The molecular weight excluding hydrogens is 384 g/mol. The molecule has 0 saturated heterocycles. The Morgan fingerprint density at radius 1 is 1.28 bits per heavy atom. The molecule has 6 heteroatoms. The van der Waals surface area contributed by atoms with Crippen LogP contribution >= 0.6 is 15.9 Å². The number of hydrogen-bond donors (Lipinski definition) is 2. The summed E-state index contributed by atoms with van der Waals surface area (Å²) in [6.07, 6.45) is 4.03. The molecule has 0 spiro atoms. The van der Waals surface area contributed by atoms with Crippen LogP contribution in [0.1, 0.15) is 51.1 Å². The molecule has 1 aliphatic heterocycles. The Balaban J connectivity index is 1.87. The number of allylic oxidation sites excluding steroid dienone is 1. The van der Waals surface area contributed by atoms with Crippen LogP contribution in [-0.2, 0) is 9.53 Å². The summed E-state index contributed by atoms with van der Waals surface area (Å²) < 4.78 is 6.63. The summed E-state index contributed by atoms with van der Waals surface area (Å²) >= 11 is 3.51. The number of amides is 2. The van der Waals surface area contributed by atoms with Crippen LogP contribution in [0.2, 0.25) is 0 Å². The van der Waals surface area contributed by atoms with Gasteiger partial charge < -0.3 is 15.4 Å². The molecule has 0 bridgehead atoms. The molecule has 1 aromatic carbocycles. The molecule has 5 nitrogen and oxygen atoms in total. The highest BCUT2D eigenvalue weighted by molar-refractivity contribution is 9.10. The molecule has 0 aromatic heterocycles. The first-order valence-electron chi connectivity index (χ1n) is 8.69. The van der Waals surface area contributed by atoms with Crippen LogP contribution in [0.15, 0.2) is 40.0 Å². The Labute approximate surface area is 156 Å². The summed E-state index contributed by atoms with van der Waals surface area (Å²) in [7, 11) is 0. The number of benzene rings is 1. The van der Waals surface area contributed by atoms with Crippen LogP contribution in [0.3, 0.4) is 0 Å². The van der Waals surface area contributed by atoms with Crippen LogP contribution in [-0.4, -0.2) is 18.1 Å². The van der Waals surface area contributed by atoms with E-state index in [0.29, 0.717) is 17.2 Å². The molecule has 25 heavy (non-hydrogen) atoms. The molecule has 2 amide bonds. The fraction of sp³-hybridized carbons (Fsp3) is 0.474. The van der Waals surface area contributed by atoms with Gasteiger partial charge in [0, 0.05) is 10.2 Å². The lowest BCUT2D eigenvalue weighted by atomic mass is 9.88. The molecule has 0 radical (unpaired) electrons. The first-order chi connectivity index (χ1) is 12.0. The zero-order valence-electron chi connectivity index (χ0n) is 14.5. The average molecular weight is 407 g/mol. The Kier molecular flexibility index (Phi) is 5.47. The van der Waals surface area contributed by atoms with E-state index in [0.717, 1.165) is 29.3 Å². The minimum atomic E-state index is -0.530. The van der Waals surface area contributed by atoms with E-state index in [9.17, 15) is 9.59 Å². The number of ether oxygens (including phenoxy) is 1. The van der Waals surface area contributed by atoms with E-state index in [1.807, 2.05) is 24.3 Å². The maximum Gasteiger partial charge on any atom is 0.338 e. The van der Waals surface area contributed by atoms with Crippen LogP contribution in [0, 0.1) is 5.92 Å². The fourth-order valence-electron chi connectivity index (χ4n) is 3.61. The van der Waals surface area contributed by atoms with Crippen molar-refractivity contribution in [2.24, 2.45) is 5.92 Å². The third kappa shape index (κ3) is 4.06. The highest BCUT2D eigenvalue weighted by atomic mass is 79.9. The van der Waals surface area contributed by atoms with Gasteiger partial charge in [-0.15, -0.1) is 0 Å². The fourth-order valence-corrected chi connectivity index (χ4v) is 4.12. The van der Waals surface area contributed by atoms with Crippen molar-refractivity contribution in [3.8, 4) is 0 Å². The Morgan fingerprint density at radius 2 is 2.04 bits per heavy atom. The number of hydrogen-bond acceptors (Lipinski definition) is 3. The lowest BCUT2D eigenvalue weighted by molar-refractivity contribution is -0.146. The number of carbonyl (C=O) groups excluding carboxylic acids is 2. The molecule has 3 rings (SSSR count). The maximum absolute atomic E-state index is 12.9. The first kappa shape index (κ1) is 18.0. The van der Waals surface area contributed by atoms with Crippen LogP contribution < -0.4 is 10.6 Å². The van der Waals surface area contributed by atoms with Crippen molar-refractivity contribution in [2.45, 2.75) is 51.7 Å². The van der Waals surface area contributed by atoms with Gasteiger partial charge in [0.2, 0.25) is 0 Å². The maximum atomic E-state index is 12.9. The Morgan fingerprint density at radius 3 is 2.76 bits per heavy atom. The van der Waals surface area contributed by atoms with Crippen LogP contribution in [0.4, 0.5) is 4.79 Å². The topological polar surface area (TPSA) is 67.4 Å². The van der Waals surface area contributed by atoms with Crippen molar-refractivity contribution in [1.29, 1.82) is 0 Å². The molecule has 2 aliphatic rings. The van der Waals surface area contributed by atoms with Gasteiger partial charge in [0.25, 0.3) is 0 Å². The SMILES string of the molecule is CC1=C(C(=O)O[C@@H]2CCC[C@@H](C)C2)[C@H](c2ccccc2Br)NC(=O)N1. The second-order valence-corrected chi connectivity index (χ2v) is 7.75. The summed E-state index contributed by atoms with van der Waals surface area (Å²) in [4.78, 5) is 24.8. The van der Waals surface area contributed by atoms with Crippen LogP contribution in [0.25, 0.3) is 0 Å². The van der Waals surface area contributed by atoms with Gasteiger partial charge in [-0.05, 0) is 43.7 Å². The Hall–Kier alpha value is -1.82. The average Bonchev–Trinajstić information content (AvgIpc) is 2.54. The minimum absolute atomic E-state index is 0.0472. The molecular formula is C19H23BrN2O3. The van der Waals surface area contributed by atoms with E-state index in [2.05, 4.69) is 33.5 Å². The lowest BCUT2D eigenvalue weighted by Crippen LogP contribution is -2.45. The smallest absolute Gasteiger partial charge is 0.338 e. The standard InChI is InChI=1S/C19H23BrN2O3/c1-11-6-5-7-13(10-11)25-18(23)16-12(2)21-19(24)22-17(16)14-8-3-4-9-15(14)20/h3-4,8-9,11,13,17H,5-7,10H2,1-2H3,(H2,21,22,24)/t11-,13-,17+/m1/s1. The van der Waals surface area contributed by atoms with E-state index < -0.39 is 6.04 Å². The molecule has 0 unspecified atom stereocenters. The number of esters is 1.